The fraction of sp³-hybridized carbons (Fsp3) is 0.700. The minimum absolute atomic E-state index is 0. The maximum atomic E-state index is 12.6. The van der Waals surface area contributed by atoms with Gasteiger partial charge in [-0.25, -0.2) is 4.99 Å². The number of amides is 1. The van der Waals surface area contributed by atoms with Crippen LogP contribution in [-0.4, -0.2) is 68.1 Å². The number of nitrogens with zero attached hydrogens (tertiary/aromatic N) is 3. The van der Waals surface area contributed by atoms with Crippen molar-refractivity contribution in [2.75, 3.05) is 46.4 Å². The normalized spacial score (nSPS) is 17.6. The number of rotatable bonds is 6. The summed E-state index contributed by atoms with van der Waals surface area (Å²) in [5.74, 6) is 1.67. The van der Waals surface area contributed by atoms with Crippen LogP contribution in [0.15, 0.2) is 16.4 Å². The molecule has 0 atom stereocenters. The maximum Gasteiger partial charge on any atom is 0.244 e. The molecule has 1 saturated heterocycles. The lowest BCUT2D eigenvalue weighted by Gasteiger charge is -2.28. The topological polar surface area (TPSA) is 57.2 Å². The fourth-order valence-corrected chi connectivity index (χ4v) is 4.58. The van der Waals surface area contributed by atoms with Crippen LogP contribution < -0.4 is 5.32 Å². The Hall–Kier alpha value is -0.870. The van der Waals surface area contributed by atoms with E-state index in [1.807, 2.05) is 4.90 Å². The Kier molecular flexibility index (Phi) is 10.0. The van der Waals surface area contributed by atoms with Crippen molar-refractivity contribution in [2.45, 2.75) is 39.2 Å². The van der Waals surface area contributed by atoms with Crippen molar-refractivity contribution >= 4 is 47.2 Å². The first-order chi connectivity index (χ1) is 13.2. The molecule has 0 unspecified atom stereocenters. The zero-order valence-corrected chi connectivity index (χ0v) is 20.1. The van der Waals surface area contributed by atoms with E-state index in [2.05, 4.69) is 40.6 Å². The first-order valence-corrected chi connectivity index (χ1v) is 11.0. The molecule has 0 spiro atoms. The van der Waals surface area contributed by atoms with Gasteiger partial charge in [0.2, 0.25) is 5.91 Å². The van der Waals surface area contributed by atoms with E-state index in [1.165, 1.54) is 10.4 Å². The van der Waals surface area contributed by atoms with Crippen molar-refractivity contribution in [3.63, 3.8) is 0 Å². The Morgan fingerprint density at radius 3 is 2.96 bits per heavy atom. The average Bonchev–Trinajstić information content (AvgIpc) is 3.17. The van der Waals surface area contributed by atoms with Gasteiger partial charge < -0.3 is 19.9 Å². The minimum Gasteiger partial charge on any atom is -0.381 e. The molecule has 1 aromatic rings. The molecule has 1 amide bonds. The summed E-state index contributed by atoms with van der Waals surface area (Å²) in [7, 11) is 2.06. The number of carbonyl (C=O) groups excluding carboxylic acids is 1. The second kappa shape index (κ2) is 12.0. The second-order valence-electron chi connectivity index (χ2n) is 7.37. The molecular formula is C20H33IN4O2S. The quantitative estimate of drug-likeness (QED) is 0.356. The predicted molar refractivity (Wildman–Crippen MR) is 126 cm³/mol. The molecule has 3 rings (SSSR count). The number of nitrogens with one attached hydrogen (secondary N) is 1. The number of hydrogen-bond acceptors (Lipinski definition) is 4. The highest BCUT2D eigenvalue weighted by Crippen LogP contribution is 2.24. The summed E-state index contributed by atoms with van der Waals surface area (Å²) >= 11 is 1.79. The van der Waals surface area contributed by atoms with E-state index < -0.39 is 0 Å². The molecule has 2 aliphatic heterocycles. The summed E-state index contributed by atoms with van der Waals surface area (Å²) in [5, 5.41) is 5.44. The molecule has 2 aliphatic rings. The lowest BCUT2D eigenvalue weighted by molar-refractivity contribution is -0.130. The highest BCUT2D eigenvalue weighted by Gasteiger charge is 2.21. The van der Waals surface area contributed by atoms with Crippen LogP contribution in [0.1, 0.15) is 36.6 Å². The number of thiophene rings is 1. The Morgan fingerprint density at radius 1 is 1.43 bits per heavy atom. The lowest BCUT2D eigenvalue weighted by Crippen LogP contribution is -2.42. The first kappa shape index (κ1) is 23.4. The van der Waals surface area contributed by atoms with Crippen molar-refractivity contribution in [3.05, 3.63) is 21.9 Å². The van der Waals surface area contributed by atoms with Crippen molar-refractivity contribution in [3.8, 4) is 0 Å². The van der Waals surface area contributed by atoms with E-state index in [9.17, 15) is 4.79 Å². The van der Waals surface area contributed by atoms with Gasteiger partial charge >= 0.3 is 0 Å². The van der Waals surface area contributed by atoms with Gasteiger partial charge in [-0.2, -0.15) is 0 Å². The molecule has 28 heavy (non-hydrogen) atoms. The van der Waals surface area contributed by atoms with E-state index in [1.54, 1.807) is 11.3 Å². The number of halogens is 1. The van der Waals surface area contributed by atoms with Crippen LogP contribution in [0, 0.1) is 5.92 Å². The smallest absolute Gasteiger partial charge is 0.244 e. The van der Waals surface area contributed by atoms with Gasteiger partial charge in [-0.3, -0.25) is 4.79 Å². The molecule has 1 fully saturated rings. The van der Waals surface area contributed by atoms with Gasteiger partial charge in [0.15, 0.2) is 5.96 Å². The summed E-state index contributed by atoms with van der Waals surface area (Å²) in [6.07, 6.45) is 4.41. The van der Waals surface area contributed by atoms with Crippen LogP contribution in [0.5, 0.6) is 0 Å². The standard InChI is InChI=1S/C20H32N4O2S.HI/c1-3-21-20(23(2)9-4-16-6-11-26-12-7-16)22-14-19(25)24-10-5-18-17(15-24)8-13-27-18;/h8,13,16H,3-7,9-12,14-15H2,1-2H3,(H,21,22);1H. The number of carbonyl (C=O) groups is 1. The Balaban J connectivity index is 0.00000280. The second-order valence-corrected chi connectivity index (χ2v) is 8.37. The SMILES string of the molecule is CCNC(=NCC(=O)N1CCc2sccc2C1)N(C)CCC1CCOCC1.I. The van der Waals surface area contributed by atoms with Gasteiger partial charge in [0.1, 0.15) is 6.54 Å². The Bertz CT molecular complexity index is 646. The van der Waals surface area contributed by atoms with E-state index in [0.29, 0.717) is 0 Å². The van der Waals surface area contributed by atoms with Gasteiger partial charge in [-0.15, -0.1) is 35.3 Å². The van der Waals surface area contributed by atoms with E-state index in [4.69, 9.17) is 4.74 Å². The molecule has 1 aromatic heterocycles. The molecule has 158 valence electrons. The molecule has 0 bridgehead atoms. The summed E-state index contributed by atoms with van der Waals surface area (Å²) in [6.45, 7) is 7.33. The Labute approximate surface area is 189 Å². The average molecular weight is 520 g/mol. The fourth-order valence-electron chi connectivity index (χ4n) is 3.69. The summed E-state index contributed by atoms with van der Waals surface area (Å²) in [4.78, 5) is 22.7. The third-order valence-corrected chi connectivity index (χ3v) is 6.46. The lowest BCUT2D eigenvalue weighted by atomic mass is 9.96. The van der Waals surface area contributed by atoms with Crippen molar-refractivity contribution < 1.29 is 9.53 Å². The molecule has 0 aromatic carbocycles. The van der Waals surface area contributed by atoms with Gasteiger partial charge in [-0.1, -0.05) is 0 Å². The first-order valence-electron chi connectivity index (χ1n) is 10.1. The van der Waals surface area contributed by atoms with Crippen LogP contribution in [0.3, 0.4) is 0 Å². The number of hydrogen-bond donors (Lipinski definition) is 1. The van der Waals surface area contributed by atoms with Crippen LogP contribution in [0.25, 0.3) is 0 Å². The van der Waals surface area contributed by atoms with Gasteiger partial charge in [0.05, 0.1) is 0 Å². The molecule has 1 N–H and O–H groups in total. The summed E-state index contributed by atoms with van der Waals surface area (Å²) in [5.41, 5.74) is 1.30. The monoisotopic (exact) mass is 520 g/mol. The number of fused-ring (bicyclic) bond motifs is 1. The number of guanidine groups is 1. The largest absolute Gasteiger partial charge is 0.381 e. The maximum absolute atomic E-state index is 12.6. The van der Waals surface area contributed by atoms with Crippen LogP contribution >= 0.6 is 35.3 Å². The molecule has 0 aliphatic carbocycles. The molecule has 6 nitrogen and oxygen atoms in total. The third kappa shape index (κ3) is 6.59. The van der Waals surface area contributed by atoms with Crippen molar-refractivity contribution in [2.24, 2.45) is 10.9 Å². The summed E-state index contributed by atoms with van der Waals surface area (Å²) in [6, 6.07) is 2.14. The highest BCUT2D eigenvalue weighted by molar-refractivity contribution is 14.0. The van der Waals surface area contributed by atoms with Gasteiger partial charge in [-0.05, 0) is 55.5 Å². The van der Waals surface area contributed by atoms with E-state index in [-0.39, 0.29) is 36.4 Å². The number of aliphatic imine (C=N–C) groups is 1. The van der Waals surface area contributed by atoms with E-state index >= 15 is 0 Å². The van der Waals surface area contributed by atoms with Crippen LogP contribution in [0.2, 0.25) is 0 Å². The van der Waals surface area contributed by atoms with Crippen molar-refractivity contribution in [1.82, 2.24) is 15.1 Å². The zero-order chi connectivity index (χ0) is 19.1. The van der Waals surface area contributed by atoms with Gasteiger partial charge in [0.25, 0.3) is 0 Å². The van der Waals surface area contributed by atoms with Gasteiger partial charge in [0, 0.05) is 51.3 Å². The third-order valence-electron chi connectivity index (χ3n) is 5.43. The molecule has 0 radical (unpaired) electrons. The Morgan fingerprint density at radius 2 is 2.21 bits per heavy atom. The number of ether oxygens (including phenoxy) is 1. The zero-order valence-electron chi connectivity index (χ0n) is 17.0. The van der Waals surface area contributed by atoms with Crippen LogP contribution in [-0.2, 0) is 22.5 Å². The highest BCUT2D eigenvalue weighted by atomic mass is 127. The van der Waals surface area contributed by atoms with Crippen molar-refractivity contribution in [1.29, 1.82) is 0 Å². The van der Waals surface area contributed by atoms with Crippen LogP contribution in [0.4, 0.5) is 0 Å². The minimum atomic E-state index is 0. The molecular weight excluding hydrogens is 487 g/mol. The summed E-state index contributed by atoms with van der Waals surface area (Å²) < 4.78 is 5.44. The molecule has 8 heteroatoms. The molecule has 0 saturated carbocycles. The van der Waals surface area contributed by atoms with E-state index in [0.717, 1.165) is 77.0 Å². The predicted octanol–water partition coefficient (Wildman–Crippen LogP) is 2.96. The molecule has 3 heterocycles.